The number of nitrogens with zero attached hydrogens (tertiary/aromatic N) is 3. The predicted molar refractivity (Wildman–Crippen MR) is 98.7 cm³/mol. The predicted octanol–water partition coefficient (Wildman–Crippen LogP) is 4.40. The van der Waals surface area contributed by atoms with Crippen LogP contribution < -0.4 is 5.32 Å². The van der Waals surface area contributed by atoms with Crippen LogP contribution >= 0.6 is 22.9 Å². The number of halogens is 1. The minimum atomic E-state index is -0.481. The van der Waals surface area contributed by atoms with E-state index in [0.29, 0.717) is 22.2 Å². The van der Waals surface area contributed by atoms with Crippen molar-refractivity contribution in [1.29, 1.82) is 0 Å². The van der Waals surface area contributed by atoms with Crippen molar-refractivity contribution in [2.45, 2.75) is 13.8 Å². The number of ether oxygens (including phenoxy) is 1. The lowest BCUT2D eigenvalue weighted by molar-refractivity contribution is 0.0601. The molecule has 0 spiro atoms. The molecule has 6 nitrogen and oxygen atoms in total. The average molecular weight is 375 g/mol. The Labute approximate surface area is 153 Å². The third-order valence-corrected chi connectivity index (χ3v) is 4.83. The fourth-order valence-electron chi connectivity index (χ4n) is 2.31. The molecule has 0 amide bonds. The van der Waals surface area contributed by atoms with Gasteiger partial charge in [0, 0.05) is 11.9 Å². The number of thiazole rings is 1. The van der Waals surface area contributed by atoms with E-state index in [2.05, 4.69) is 25.0 Å². The number of nitrogens with one attached hydrogen (secondary N) is 1. The van der Waals surface area contributed by atoms with Gasteiger partial charge in [-0.2, -0.15) is 0 Å². The molecule has 0 aliphatic carbocycles. The van der Waals surface area contributed by atoms with Crippen LogP contribution in [0.15, 0.2) is 30.5 Å². The van der Waals surface area contributed by atoms with Crippen molar-refractivity contribution >= 4 is 40.5 Å². The Balaban J connectivity index is 1.87. The maximum atomic E-state index is 11.6. The summed E-state index contributed by atoms with van der Waals surface area (Å²) in [5.74, 6) is -0.0457. The van der Waals surface area contributed by atoms with Gasteiger partial charge in [-0.05, 0) is 38.1 Å². The number of aryl methyl sites for hydroxylation is 2. The zero-order valence-electron chi connectivity index (χ0n) is 13.8. The third-order valence-electron chi connectivity index (χ3n) is 3.42. The summed E-state index contributed by atoms with van der Waals surface area (Å²) in [6.07, 6.45) is 1.68. The normalized spacial score (nSPS) is 10.6. The van der Waals surface area contributed by atoms with Crippen molar-refractivity contribution in [2.75, 3.05) is 12.4 Å². The van der Waals surface area contributed by atoms with Crippen LogP contribution in [-0.2, 0) is 4.74 Å². The number of rotatable bonds is 4. The molecule has 2 heterocycles. The Kier molecular flexibility index (Phi) is 4.96. The molecule has 25 heavy (non-hydrogen) atoms. The summed E-state index contributed by atoms with van der Waals surface area (Å²) in [6, 6.07) is 6.79. The van der Waals surface area contributed by atoms with Crippen LogP contribution in [0.5, 0.6) is 0 Å². The zero-order chi connectivity index (χ0) is 18.0. The lowest BCUT2D eigenvalue weighted by Crippen LogP contribution is -2.03. The second-order valence-electron chi connectivity index (χ2n) is 5.22. The van der Waals surface area contributed by atoms with Gasteiger partial charge in [-0.1, -0.05) is 11.6 Å². The summed E-state index contributed by atoms with van der Waals surface area (Å²) in [7, 11) is 1.31. The van der Waals surface area contributed by atoms with Crippen LogP contribution in [0.4, 0.5) is 11.6 Å². The molecule has 0 saturated carbocycles. The molecule has 0 radical (unpaired) electrons. The molecule has 0 unspecified atom stereocenters. The van der Waals surface area contributed by atoms with Crippen LogP contribution in [0.1, 0.15) is 21.1 Å². The van der Waals surface area contributed by atoms with Crippen LogP contribution in [0.25, 0.3) is 10.6 Å². The number of methoxy groups -OCH3 is 1. The van der Waals surface area contributed by atoms with Crippen LogP contribution in [0.2, 0.25) is 5.02 Å². The summed E-state index contributed by atoms with van der Waals surface area (Å²) < 4.78 is 4.68. The minimum Gasteiger partial charge on any atom is -0.465 e. The van der Waals surface area contributed by atoms with Crippen molar-refractivity contribution in [3.63, 3.8) is 0 Å². The second-order valence-corrected chi connectivity index (χ2v) is 6.83. The Hall–Kier alpha value is -2.51. The first kappa shape index (κ1) is 17.3. The highest BCUT2D eigenvalue weighted by Crippen LogP contribution is 2.29. The van der Waals surface area contributed by atoms with Crippen molar-refractivity contribution in [2.24, 2.45) is 0 Å². The van der Waals surface area contributed by atoms with E-state index in [1.807, 2.05) is 19.9 Å². The van der Waals surface area contributed by atoms with E-state index in [9.17, 15) is 4.79 Å². The van der Waals surface area contributed by atoms with E-state index < -0.39 is 5.97 Å². The maximum Gasteiger partial charge on any atom is 0.339 e. The van der Waals surface area contributed by atoms with Gasteiger partial charge < -0.3 is 10.1 Å². The molecule has 1 N–H and O–H groups in total. The van der Waals surface area contributed by atoms with E-state index in [1.54, 1.807) is 35.7 Å². The molecule has 0 aliphatic heterocycles. The molecule has 0 bridgehead atoms. The summed E-state index contributed by atoms with van der Waals surface area (Å²) in [5, 5.41) is 4.38. The molecular formula is C17H15ClN4O2S. The van der Waals surface area contributed by atoms with Crippen LogP contribution in [0, 0.1) is 13.8 Å². The van der Waals surface area contributed by atoms with Gasteiger partial charge in [0.1, 0.15) is 0 Å². The number of anilines is 2. The van der Waals surface area contributed by atoms with Crippen LogP contribution in [0.3, 0.4) is 0 Å². The molecule has 1 aromatic carbocycles. The SMILES string of the molecule is COC(=O)c1ccc(Nc2nccc(-c3sc(C)nc3C)n2)cc1Cl. The fourth-order valence-corrected chi connectivity index (χ4v) is 3.46. The Morgan fingerprint density at radius 2 is 2.04 bits per heavy atom. The third kappa shape index (κ3) is 3.78. The Morgan fingerprint density at radius 3 is 2.68 bits per heavy atom. The van der Waals surface area contributed by atoms with Crippen molar-refractivity contribution < 1.29 is 9.53 Å². The largest absolute Gasteiger partial charge is 0.465 e. The van der Waals surface area contributed by atoms with Gasteiger partial charge in [-0.3, -0.25) is 0 Å². The summed E-state index contributed by atoms with van der Waals surface area (Å²) >= 11 is 7.72. The number of hydrogen-bond donors (Lipinski definition) is 1. The quantitative estimate of drug-likeness (QED) is 0.682. The summed E-state index contributed by atoms with van der Waals surface area (Å²) in [6.45, 7) is 3.92. The molecule has 0 fully saturated rings. The molecular weight excluding hydrogens is 360 g/mol. The molecule has 3 rings (SSSR count). The number of esters is 1. The molecule has 0 aliphatic rings. The van der Waals surface area contributed by atoms with E-state index in [4.69, 9.17) is 11.6 Å². The van der Waals surface area contributed by atoms with Crippen molar-refractivity contribution in [3.8, 4) is 10.6 Å². The lowest BCUT2D eigenvalue weighted by Gasteiger charge is -2.08. The average Bonchev–Trinajstić information content (AvgIpc) is 2.93. The van der Waals surface area contributed by atoms with E-state index >= 15 is 0 Å². The number of carbonyl (C=O) groups excluding carboxylic acids is 1. The van der Waals surface area contributed by atoms with Gasteiger partial charge in [0.2, 0.25) is 5.95 Å². The number of hydrogen-bond acceptors (Lipinski definition) is 7. The number of carbonyl (C=O) groups is 1. The van der Waals surface area contributed by atoms with Crippen molar-refractivity contribution in [1.82, 2.24) is 15.0 Å². The van der Waals surface area contributed by atoms with Gasteiger partial charge in [0.05, 0.1) is 39.0 Å². The Bertz CT molecular complexity index is 942. The van der Waals surface area contributed by atoms with Gasteiger partial charge in [0.15, 0.2) is 0 Å². The van der Waals surface area contributed by atoms with Gasteiger partial charge in [-0.25, -0.2) is 19.7 Å². The first-order valence-electron chi connectivity index (χ1n) is 7.40. The van der Waals surface area contributed by atoms with E-state index in [-0.39, 0.29) is 0 Å². The highest BCUT2D eigenvalue weighted by molar-refractivity contribution is 7.15. The fraction of sp³-hybridized carbons (Fsp3) is 0.176. The zero-order valence-corrected chi connectivity index (χ0v) is 15.4. The monoisotopic (exact) mass is 374 g/mol. The first-order chi connectivity index (χ1) is 12.0. The molecule has 2 aromatic heterocycles. The van der Waals surface area contributed by atoms with Crippen LogP contribution in [-0.4, -0.2) is 28.0 Å². The lowest BCUT2D eigenvalue weighted by atomic mass is 10.2. The highest BCUT2D eigenvalue weighted by atomic mass is 35.5. The molecule has 8 heteroatoms. The van der Waals surface area contributed by atoms with Gasteiger partial charge in [0.25, 0.3) is 0 Å². The molecule has 3 aromatic rings. The second kappa shape index (κ2) is 7.16. The van der Waals surface area contributed by atoms with E-state index in [0.717, 1.165) is 21.3 Å². The molecule has 0 atom stereocenters. The standard InChI is InChI=1S/C17H15ClN4O2S/c1-9-15(25-10(2)20-9)14-6-7-19-17(22-14)21-11-4-5-12(13(18)8-11)16(23)24-3/h4-8H,1-3H3,(H,19,21,22). The smallest absolute Gasteiger partial charge is 0.339 e. The van der Waals surface area contributed by atoms with Gasteiger partial charge in [-0.15, -0.1) is 11.3 Å². The van der Waals surface area contributed by atoms with Gasteiger partial charge >= 0.3 is 5.97 Å². The first-order valence-corrected chi connectivity index (χ1v) is 8.59. The Morgan fingerprint density at radius 1 is 1.24 bits per heavy atom. The number of aromatic nitrogens is 3. The molecule has 128 valence electrons. The van der Waals surface area contributed by atoms with Crippen molar-refractivity contribution in [3.05, 3.63) is 51.7 Å². The highest BCUT2D eigenvalue weighted by Gasteiger charge is 2.13. The summed E-state index contributed by atoms with van der Waals surface area (Å²) in [4.78, 5) is 25.8. The minimum absolute atomic E-state index is 0.293. The molecule has 0 saturated heterocycles. The summed E-state index contributed by atoms with van der Waals surface area (Å²) in [5.41, 5.74) is 2.72. The van der Waals surface area contributed by atoms with E-state index in [1.165, 1.54) is 7.11 Å². The number of benzene rings is 1. The topological polar surface area (TPSA) is 77.0 Å². The maximum absolute atomic E-state index is 11.6.